The first-order chi connectivity index (χ1) is 12.7. The number of likely N-dealkylation sites (tertiary alicyclic amines) is 1. The molecule has 1 fully saturated rings. The van der Waals surface area contributed by atoms with Crippen molar-refractivity contribution in [1.82, 2.24) is 10.2 Å². The maximum absolute atomic E-state index is 5.94. The summed E-state index contributed by atoms with van der Waals surface area (Å²) in [6.45, 7) is 6.70. The molecule has 0 amide bonds. The van der Waals surface area contributed by atoms with Crippen molar-refractivity contribution in [3.8, 4) is 0 Å². The van der Waals surface area contributed by atoms with Crippen LogP contribution in [0.2, 0.25) is 0 Å². The van der Waals surface area contributed by atoms with Crippen molar-refractivity contribution in [2.75, 3.05) is 47.0 Å². The molecule has 0 aromatic heterocycles. The molecule has 0 radical (unpaired) electrons. The Morgan fingerprint density at radius 3 is 2.65 bits per heavy atom. The predicted octanol–water partition coefficient (Wildman–Crippen LogP) is 3.26. The first kappa shape index (κ1) is 21.1. The Balaban J connectivity index is 1.67. The second kappa shape index (κ2) is 12.2. The number of benzene rings is 1. The lowest BCUT2D eigenvalue weighted by atomic mass is 10.1. The van der Waals surface area contributed by atoms with Crippen LogP contribution < -0.4 is 5.32 Å². The van der Waals surface area contributed by atoms with E-state index in [1.807, 2.05) is 18.8 Å². The summed E-state index contributed by atoms with van der Waals surface area (Å²) in [4.78, 5) is 8.12. The molecule has 1 saturated heterocycles. The molecule has 146 valence electrons. The minimum Gasteiger partial charge on any atom is -0.385 e. The Bertz CT molecular complexity index is 519. The molecule has 1 aliphatic heterocycles. The predicted molar refractivity (Wildman–Crippen MR) is 110 cm³/mol. The summed E-state index contributed by atoms with van der Waals surface area (Å²) in [7, 11) is 3.60. The van der Waals surface area contributed by atoms with Crippen molar-refractivity contribution < 1.29 is 9.47 Å². The maximum atomic E-state index is 5.94. The number of aliphatic imine (C=N–C) groups is 1. The Morgan fingerprint density at radius 1 is 1.27 bits per heavy atom. The third-order valence-corrected chi connectivity index (χ3v) is 5.54. The number of hydrogen-bond acceptors (Lipinski definition) is 4. The SMILES string of the molecule is CN=C(NCC(C)Sc1ccccc1)N1CCC(OCCCOC)CC1. The molecule has 6 heteroatoms. The molecule has 1 aromatic rings. The minimum absolute atomic E-state index is 0.369. The molecule has 1 atom stereocenters. The lowest BCUT2D eigenvalue weighted by Crippen LogP contribution is -2.48. The summed E-state index contributed by atoms with van der Waals surface area (Å²) in [5.74, 6) is 1.00. The van der Waals surface area contributed by atoms with Gasteiger partial charge in [0.15, 0.2) is 5.96 Å². The van der Waals surface area contributed by atoms with Crippen LogP contribution in [0.5, 0.6) is 0 Å². The van der Waals surface area contributed by atoms with Crippen LogP contribution in [0.3, 0.4) is 0 Å². The third-order valence-electron chi connectivity index (χ3n) is 4.43. The quantitative estimate of drug-likeness (QED) is 0.309. The van der Waals surface area contributed by atoms with Gasteiger partial charge in [0.2, 0.25) is 0 Å². The van der Waals surface area contributed by atoms with Gasteiger partial charge in [0.1, 0.15) is 0 Å². The lowest BCUT2D eigenvalue weighted by Gasteiger charge is -2.34. The van der Waals surface area contributed by atoms with Crippen LogP contribution in [-0.2, 0) is 9.47 Å². The van der Waals surface area contributed by atoms with Crippen LogP contribution in [-0.4, -0.2) is 69.2 Å². The van der Waals surface area contributed by atoms with Crippen LogP contribution in [0, 0.1) is 0 Å². The zero-order valence-corrected chi connectivity index (χ0v) is 17.1. The monoisotopic (exact) mass is 379 g/mol. The summed E-state index contributed by atoms with van der Waals surface area (Å²) in [6, 6.07) is 10.5. The Morgan fingerprint density at radius 2 is 2.00 bits per heavy atom. The normalized spacial score (nSPS) is 17.3. The van der Waals surface area contributed by atoms with Crippen molar-refractivity contribution in [1.29, 1.82) is 0 Å². The van der Waals surface area contributed by atoms with E-state index in [1.54, 1.807) is 7.11 Å². The topological polar surface area (TPSA) is 46.1 Å². The van der Waals surface area contributed by atoms with E-state index in [4.69, 9.17) is 9.47 Å². The summed E-state index contributed by atoms with van der Waals surface area (Å²) in [5, 5.41) is 4.01. The van der Waals surface area contributed by atoms with E-state index < -0.39 is 0 Å². The van der Waals surface area contributed by atoms with Gasteiger partial charge in [-0.3, -0.25) is 4.99 Å². The van der Waals surface area contributed by atoms with Crippen LogP contribution in [0.4, 0.5) is 0 Å². The zero-order valence-electron chi connectivity index (χ0n) is 16.3. The van der Waals surface area contributed by atoms with E-state index in [1.165, 1.54) is 4.90 Å². The smallest absolute Gasteiger partial charge is 0.193 e. The molecule has 26 heavy (non-hydrogen) atoms. The molecule has 0 spiro atoms. The second-order valence-corrected chi connectivity index (χ2v) is 8.09. The van der Waals surface area contributed by atoms with Crippen LogP contribution in [0.15, 0.2) is 40.2 Å². The molecule has 5 nitrogen and oxygen atoms in total. The number of piperidine rings is 1. The van der Waals surface area contributed by atoms with Gasteiger partial charge in [-0.05, 0) is 31.4 Å². The van der Waals surface area contributed by atoms with Gasteiger partial charge in [-0.1, -0.05) is 25.1 Å². The molecule has 0 saturated carbocycles. The molecule has 1 N–H and O–H groups in total. The van der Waals surface area contributed by atoms with Gasteiger partial charge >= 0.3 is 0 Å². The highest BCUT2D eigenvalue weighted by Gasteiger charge is 2.22. The highest BCUT2D eigenvalue weighted by Crippen LogP contribution is 2.22. The molecule has 1 heterocycles. The Kier molecular flexibility index (Phi) is 9.89. The van der Waals surface area contributed by atoms with Gasteiger partial charge in [-0.15, -0.1) is 11.8 Å². The van der Waals surface area contributed by atoms with Crippen LogP contribution in [0.1, 0.15) is 26.2 Å². The van der Waals surface area contributed by atoms with Gasteiger partial charge in [0.25, 0.3) is 0 Å². The first-order valence-corrected chi connectivity index (χ1v) is 10.4. The second-order valence-electron chi connectivity index (χ2n) is 6.57. The van der Waals surface area contributed by atoms with Gasteiger partial charge in [-0.25, -0.2) is 0 Å². The highest BCUT2D eigenvalue weighted by molar-refractivity contribution is 8.00. The molecule has 1 aliphatic rings. The van der Waals surface area contributed by atoms with Gasteiger partial charge < -0.3 is 19.7 Å². The van der Waals surface area contributed by atoms with Crippen molar-refractivity contribution in [2.24, 2.45) is 4.99 Å². The zero-order chi connectivity index (χ0) is 18.6. The van der Waals surface area contributed by atoms with Crippen molar-refractivity contribution in [3.63, 3.8) is 0 Å². The van der Waals surface area contributed by atoms with Gasteiger partial charge in [0.05, 0.1) is 6.10 Å². The van der Waals surface area contributed by atoms with E-state index >= 15 is 0 Å². The van der Waals surface area contributed by atoms with Crippen molar-refractivity contribution >= 4 is 17.7 Å². The average Bonchev–Trinajstić information content (AvgIpc) is 2.67. The van der Waals surface area contributed by atoms with E-state index in [2.05, 4.69) is 52.5 Å². The Hall–Kier alpha value is -1.24. The number of methoxy groups -OCH3 is 1. The van der Waals surface area contributed by atoms with Crippen molar-refractivity contribution in [3.05, 3.63) is 30.3 Å². The van der Waals surface area contributed by atoms with Gasteiger partial charge in [-0.2, -0.15) is 0 Å². The number of rotatable bonds is 9. The van der Waals surface area contributed by atoms with Crippen LogP contribution in [0.25, 0.3) is 0 Å². The molecule has 0 bridgehead atoms. The fourth-order valence-electron chi connectivity index (χ4n) is 3.03. The average molecular weight is 380 g/mol. The van der Waals surface area contributed by atoms with Crippen molar-refractivity contribution in [2.45, 2.75) is 42.4 Å². The molecule has 0 aliphatic carbocycles. The van der Waals surface area contributed by atoms with E-state index in [9.17, 15) is 0 Å². The van der Waals surface area contributed by atoms with E-state index in [0.29, 0.717) is 11.4 Å². The molecule has 2 rings (SSSR count). The van der Waals surface area contributed by atoms with Gasteiger partial charge in [0, 0.05) is 57.2 Å². The fourth-order valence-corrected chi connectivity index (χ4v) is 3.97. The minimum atomic E-state index is 0.369. The maximum Gasteiger partial charge on any atom is 0.193 e. The van der Waals surface area contributed by atoms with Crippen LogP contribution >= 0.6 is 11.8 Å². The molecular formula is C20H33N3O2S. The highest BCUT2D eigenvalue weighted by atomic mass is 32.2. The van der Waals surface area contributed by atoms with E-state index in [-0.39, 0.29) is 0 Å². The Labute approximate surface area is 162 Å². The number of thioether (sulfide) groups is 1. The number of ether oxygens (including phenoxy) is 2. The molecule has 1 aromatic carbocycles. The number of nitrogens with zero attached hydrogens (tertiary/aromatic N) is 2. The van der Waals surface area contributed by atoms with E-state index in [0.717, 1.165) is 58.1 Å². The number of guanidine groups is 1. The summed E-state index contributed by atoms with van der Waals surface area (Å²) in [5.41, 5.74) is 0. The lowest BCUT2D eigenvalue weighted by molar-refractivity contribution is 0.00991. The first-order valence-electron chi connectivity index (χ1n) is 9.50. The number of hydrogen-bond donors (Lipinski definition) is 1. The summed E-state index contributed by atoms with van der Waals surface area (Å²) >= 11 is 1.89. The summed E-state index contributed by atoms with van der Waals surface area (Å²) < 4.78 is 11.0. The standard InChI is InChI=1S/C20H33N3O2S/c1-17(26-19-8-5-4-6-9-19)16-22-20(21-2)23-12-10-18(11-13-23)25-15-7-14-24-3/h4-6,8-9,17-18H,7,10-16H2,1-3H3,(H,21,22). The third kappa shape index (κ3) is 7.56. The molecular weight excluding hydrogens is 346 g/mol. The fraction of sp³-hybridized carbons (Fsp3) is 0.650. The molecule has 1 unspecified atom stereocenters. The summed E-state index contributed by atoms with van der Waals surface area (Å²) in [6.07, 6.45) is 3.45. The largest absolute Gasteiger partial charge is 0.385 e. The number of nitrogens with one attached hydrogen (secondary N) is 1.